The molecule has 0 aliphatic rings. The standard InChI is InChI=1S/C11H5F3N2O2/c12-11(13,14)18-9-1-2-10(17)8(4-9)3-7(5-15)6-16/h1-4,17H. The molecule has 0 saturated carbocycles. The van der Waals surface area contributed by atoms with Gasteiger partial charge in [0.05, 0.1) is 0 Å². The molecule has 18 heavy (non-hydrogen) atoms. The number of nitriles is 2. The van der Waals surface area contributed by atoms with E-state index < -0.39 is 12.1 Å². The van der Waals surface area contributed by atoms with Gasteiger partial charge >= 0.3 is 6.36 Å². The molecular formula is C11H5F3N2O2. The molecule has 0 unspecified atom stereocenters. The second-order valence-corrected chi connectivity index (χ2v) is 3.05. The minimum Gasteiger partial charge on any atom is -0.507 e. The molecule has 0 fully saturated rings. The number of hydrogen-bond acceptors (Lipinski definition) is 4. The van der Waals surface area contributed by atoms with Crippen LogP contribution >= 0.6 is 0 Å². The Bertz CT molecular complexity index is 549. The van der Waals surface area contributed by atoms with Crippen LogP contribution < -0.4 is 4.74 Å². The number of alkyl halides is 3. The summed E-state index contributed by atoms with van der Waals surface area (Å²) < 4.78 is 39.5. The van der Waals surface area contributed by atoms with E-state index in [-0.39, 0.29) is 16.9 Å². The predicted octanol–water partition coefficient (Wildman–Crippen LogP) is 2.72. The minimum absolute atomic E-state index is 0.116. The maximum Gasteiger partial charge on any atom is 0.573 e. The van der Waals surface area contributed by atoms with Gasteiger partial charge in [0, 0.05) is 5.56 Å². The molecule has 0 aliphatic heterocycles. The predicted molar refractivity (Wildman–Crippen MR) is 54.0 cm³/mol. The molecule has 0 radical (unpaired) electrons. The lowest BCUT2D eigenvalue weighted by Crippen LogP contribution is -2.17. The summed E-state index contributed by atoms with van der Waals surface area (Å²) in [7, 11) is 0. The Kier molecular flexibility index (Phi) is 3.80. The topological polar surface area (TPSA) is 77.0 Å². The average molecular weight is 254 g/mol. The van der Waals surface area contributed by atoms with E-state index in [1.54, 1.807) is 0 Å². The molecule has 92 valence electrons. The van der Waals surface area contributed by atoms with Crippen LogP contribution in [0.4, 0.5) is 13.2 Å². The van der Waals surface area contributed by atoms with E-state index in [1.807, 2.05) is 0 Å². The smallest absolute Gasteiger partial charge is 0.507 e. The highest BCUT2D eigenvalue weighted by molar-refractivity contribution is 5.67. The number of rotatable bonds is 2. The number of allylic oxidation sites excluding steroid dienone is 1. The molecule has 0 aromatic heterocycles. The molecule has 4 nitrogen and oxygen atoms in total. The van der Waals surface area contributed by atoms with Crippen molar-refractivity contribution in [1.82, 2.24) is 0 Å². The summed E-state index contributed by atoms with van der Waals surface area (Å²) in [6.07, 6.45) is -3.90. The number of benzene rings is 1. The Morgan fingerprint density at radius 3 is 2.39 bits per heavy atom. The summed E-state index contributed by atoms with van der Waals surface area (Å²) in [5.74, 6) is -0.922. The van der Waals surface area contributed by atoms with Gasteiger partial charge in [0.2, 0.25) is 0 Å². The van der Waals surface area contributed by atoms with Gasteiger partial charge in [-0.15, -0.1) is 13.2 Å². The molecule has 1 aromatic rings. The summed E-state index contributed by atoms with van der Waals surface area (Å²) in [5.41, 5.74) is -0.468. The number of phenols is 1. The fraction of sp³-hybridized carbons (Fsp3) is 0.0909. The molecule has 0 spiro atoms. The third-order valence-electron chi connectivity index (χ3n) is 1.77. The first-order chi connectivity index (χ1) is 8.35. The molecule has 0 amide bonds. The SMILES string of the molecule is N#CC(C#N)=Cc1cc(OC(F)(F)F)ccc1O. The van der Waals surface area contributed by atoms with Crippen LogP contribution in [0.1, 0.15) is 5.56 Å². The molecular weight excluding hydrogens is 249 g/mol. The summed E-state index contributed by atoms with van der Waals surface area (Å²) in [5, 5.41) is 26.4. The van der Waals surface area contributed by atoms with Gasteiger partial charge in [-0.05, 0) is 24.3 Å². The first-order valence-corrected chi connectivity index (χ1v) is 4.46. The van der Waals surface area contributed by atoms with Crippen molar-refractivity contribution in [3.05, 3.63) is 29.3 Å². The lowest BCUT2D eigenvalue weighted by Gasteiger charge is -2.09. The van der Waals surface area contributed by atoms with Gasteiger partial charge in [0.15, 0.2) is 0 Å². The highest BCUT2D eigenvalue weighted by atomic mass is 19.4. The van der Waals surface area contributed by atoms with Gasteiger partial charge in [-0.2, -0.15) is 10.5 Å². The van der Waals surface area contributed by atoms with E-state index in [2.05, 4.69) is 4.74 Å². The zero-order valence-electron chi connectivity index (χ0n) is 8.69. The third-order valence-corrected chi connectivity index (χ3v) is 1.77. The van der Waals surface area contributed by atoms with Crippen LogP contribution in [0, 0.1) is 22.7 Å². The maximum absolute atomic E-state index is 12.0. The lowest BCUT2D eigenvalue weighted by molar-refractivity contribution is -0.274. The van der Waals surface area contributed by atoms with E-state index in [1.165, 1.54) is 12.1 Å². The molecule has 0 heterocycles. The molecule has 0 saturated heterocycles. The normalized spacial score (nSPS) is 10.1. The maximum atomic E-state index is 12.0. The minimum atomic E-state index is -4.86. The third kappa shape index (κ3) is 3.72. The molecule has 0 aliphatic carbocycles. The van der Waals surface area contributed by atoms with Crippen molar-refractivity contribution in [1.29, 1.82) is 10.5 Å². The average Bonchev–Trinajstić information content (AvgIpc) is 2.28. The van der Waals surface area contributed by atoms with Crippen LogP contribution in [-0.4, -0.2) is 11.5 Å². The van der Waals surface area contributed by atoms with Gasteiger partial charge in [-0.25, -0.2) is 0 Å². The highest BCUT2D eigenvalue weighted by Gasteiger charge is 2.31. The van der Waals surface area contributed by atoms with Crippen molar-refractivity contribution in [2.24, 2.45) is 0 Å². The van der Waals surface area contributed by atoms with Crippen molar-refractivity contribution in [2.45, 2.75) is 6.36 Å². The Hall–Kier alpha value is -2.67. The first-order valence-electron chi connectivity index (χ1n) is 4.46. The van der Waals surface area contributed by atoms with E-state index in [4.69, 9.17) is 10.5 Å². The van der Waals surface area contributed by atoms with E-state index in [0.717, 1.165) is 24.3 Å². The van der Waals surface area contributed by atoms with Crippen LogP contribution in [0.3, 0.4) is 0 Å². The number of nitrogens with zero attached hydrogens (tertiary/aromatic N) is 2. The number of aromatic hydroxyl groups is 1. The number of halogens is 3. The molecule has 0 bridgehead atoms. The van der Waals surface area contributed by atoms with Gasteiger partial charge in [0.1, 0.15) is 29.2 Å². The summed E-state index contributed by atoms with van der Waals surface area (Å²) >= 11 is 0. The number of ether oxygens (including phenoxy) is 1. The van der Waals surface area contributed by atoms with Crippen LogP contribution in [-0.2, 0) is 0 Å². The summed E-state index contributed by atoms with van der Waals surface area (Å²) in [4.78, 5) is 0. The molecule has 0 atom stereocenters. The van der Waals surface area contributed by atoms with E-state index in [9.17, 15) is 18.3 Å². The largest absolute Gasteiger partial charge is 0.573 e. The zero-order chi connectivity index (χ0) is 13.8. The quantitative estimate of drug-likeness (QED) is 0.823. The van der Waals surface area contributed by atoms with Crippen molar-refractivity contribution in [2.75, 3.05) is 0 Å². The van der Waals surface area contributed by atoms with Crippen LogP contribution in [0.15, 0.2) is 23.8 Å². The van der Waals surface area contributed by atoms with Crippen molar-refractivity contribution >= 4 is 6.08 Å². The monoisotopic (exact) mass is 254 g/mol. The van der Waals surface area contributed by atoms with Gasteiger partial charge < -0.3 is 9.84 Å². The molecule has 7 heteroatoms. The summed E-state index contributed by atoms with van der Waals surface area (Å²) in [6, 6.07) is 5.80. The molecule has 1 aromatic carbocycles. The van der Waals surface area contributed by atoms with Crippen molar-refractivity contribution in [3.63, 3.8) is 0 Å². The highest BCUT2D eigenvalue weighted by Crippen LogP contribution is 2.29. The fourth-order valence-electron chi connectivity index (χ4n) is 1.09. The lowest BCUT2D eigenvalue weighted by atomic mass is 10.1. The Balaban J connectivity index is 3.15. The van der Waals surface area contributed by atoms with Crippen LogP contribution in [0.25, 0.3) is 6.08 Å². The van der Waals surface area contributed by atoms with Crippen molar-refractivity contribution < 1.29 is 23.0 Å². The second-order valence-electron chi connectivity index (χ2n) is 3.05. The Morgan fingerprint density at radius 1 is 1.28 bits per heavy atom. The van der Waals surface area contributed by atoms with E-state index >= 15 is 0 Å². The van der Waals surface area contributed by atoms with E-state index in [0.29, 0.717) is 0 Å². The Morgan fingerprint density at radius 2 is 1.89 bits per heavy atom. The van der Waals surface area contributed by atoms with Gasteiger partial charge in [-0.3, -0.25) is 0 Å². The van der Waals surface area contributed by atoms with Gasteiger partial charge in [0.25, 0.3) is 0 Å². The molecule has 1 rings (SSSR count). The number of hydrogen-bond donors (Lipinski definition) is 1. The fourth-order valence-corrected chi connectivity index (χ4v) is 1.09. The Labute approximate surface area is 99.8 Å². The van der Waals surface area contributed by atoms with Gasteiger partial charge in [-0.1, -0.05) is 0 Å². The zero-order valence-corrected chi connectivity index (χ0v) is 8.69. The van der Waals surface area contributed by atoms with Crippen LogP contribution in [0.2, 0.25) is 0 Å². The van der Waals surface area contributed by atoms with Crippen LogP contribution in [0.5, 0.6) is 11.5 Å². The van der Waals surface area contributed by atoms with Crippen molar-refractivity contribution in [3.8, 4) is 23.6 Å². The summed E-state index contributed by atoms with van der Waals surface area (Å²) in [6.45, 7) is 0. The molecule has 1 N–H and O–H groups in total. The first kappa shape index (κ1) is 13.4. The second kappa shape index (κ2) is 5.11. The number of phenolic OH excluding ortho intramolecular Hbond substituents is 1.